The number of amides is 1. The van der Waals surface area contributed by atoms with Crippen LogP contribution in [0.5, 0.6) is 5.75 Å². The highest BCUT2D eigenvalue weighted by atomic mass is 16.3. The SMILES string of the molecule is Cc1ccc([C@H](CC(=O)N[C@H](C)Cc2ccccc2)c2ccccc2)c(O)c1. The second-order valence-corrected chi connectivity index (χ2v) is 7.39. The molecule has 144 valence electrons. The number of phenols is 1. The lowest BCUT2D eigenvalue weighted by Gasteiger charge is -2.21. The van der Waals surface area contributed by atoms with Crippen LogP contribution in [0.1, 0.15) is 41.5 Å². The van der Waals surface area contributed by atoms with E-state index in [4.69, 9.17) is 0 Å². The van der Waals surface area contributed by atoms with Crippen molar-refractivity contribution in [1.82, 2.24) is 5.32 Å². The molecule has 0 aliphatic carbocycles. The summed E-state index contributed by atoms with van der Waals surface area (Å²) in [4.78, 5) is 12.8. The molecular formula is C25H27NO2. The number of aromatic hydroxyl groups is 1. The minimum absolute atomic E-state index is 0.0164. The molecule has 3 aromatic carbocycles. The molecule has 0 heterocycles. The molecule has 3 rings (SSSR count). The van der Waals surface area contributed by atoms with Crippen molar-refractivity contribution in [2.45, 2.75) is 38.6 Å². The quantitative estimate of drug-likeness (QED) is 0.614. The maximum absolute atomic E-state index is 12.8. The van der Waals surface area contributed by atoms with Gasteiger partial charge in [0, 0.05) is 23.9 Å². The van der Waals surface area contributed by atoms with Crippen LogP contribution in [0.15, 0.2) is 78.9 Å². The van der Waals surface area contributed by atoms with Crippen LogP contribution >= 0.6 is 0 Å². The number of phenolic OH excluding ortho intramolecular Hbond substituents is 1. The van der Waals surface area contributed by atoms with E-state index >= 15 is 0 Å². The highest BCUT2D eigenvalue weighted by molar-refractivity contribution is 5.78. The second-order valence-electron chi connectivity index (χ2n) is 7.39. The van der Waals surface area contributed by atoms with Gasteiger partial charge in [0.25, 0.3) is 0 Å². The zero-order valence-electron chi connectivity index (χ0n) is 16.4. The van der Waals surface area contributed by atoms with E-state index in [0.717, 1.165) is 23.1 Å². The Kier molecular flexibility index (Phi) is 6.49. The van der Waals surface area contributed by atoms with E-state index in [-0.39, 0.29) is 23.6 Å². The third-order valence-corrected chi connectivity index (χ3v) is 4.94. The summed E-state index contributed by atoms with van der Waals surface area (Å²) in [5.41, 5.74) is 4.00. The van der Waals surface area contributed by atoms with E-state index in [1.54, 1.807) is 6.07 Å². The van der Waals surface area contributed by atoms with Crippen LogP contribution in [0.2, 0.25) is 0 Å². The van der Waals surface area contributed by atoms with Gasteiger partial charge in [-0.25, -0.2) is 0 Å². The molecule has 0 aliphatic heterocycles. The van der Waals surface area contributed by atoms with Gasteiger partial charge >= 0.3 is 0 Å². The molecule has 0 saturated heterocycles. The predicted octanol–water partition coefficient (Wildman–Crippen LogP) is 4.97. The molecule has 0 unspecified atom stereocenters. The normalized spacial score (nSPS) is 12.9. The summed E-state index contributed by atoms with van der Waals surface area (Å²) in [5, 5.41) is 13.6. The van der Waals surface area contributed by atoms with Crippen LogP contribution in [0.25, 0.3) is 0 Å². The van der Waals surface area contributed by atoms with Gasteiger partial charge in [-0.2, -0.15) is 0 Å². The van der Waals surface area contributed by atoms with Gasteiger partial charge < -0.3 is 10.4 Å². The zero-order chi connectivity index (χ0) is 19.9. The minimum Gasteiger partial charge on any atom is -0.508 e. The summed E-state index contributed by atoms with van der Waals surface area (Å²) in [6, 6.07) is 25.7. The van der Waals surface area contributed by atoms with Crippen LogP contribution in [-0.2, 0) is 11.2 Å². The predicted molar refractivity (Wildman–Crippen MR) is 113 cm³/mol. The topological polar surface area (TPSA) is 49.3 Å². The van der Waals surface area contributed by atoms with E-state index in [0.29, 0.717) is 6.42 Å². The number of hydrogen-bond acceptors (Lipinski definition) is 2. The molecule has 0 radical (unpaired) electrons. The molecule has 0 bridgehead atoms. The summed E-state index contributed by atoms with van der Waals surface area (Å²) >= 11 is 0. The third-order valence-electron chi connectivity index (χ3n) is 4.94. The summed E-state index contributed by atoms with van der Waals surface area (Å²) < 4.78 is 0. The van der Waals surface area contributed by atoms with Crippen molar-refractivity contribution in [3.05, 3.63) is 101 Å². The van der Waals surface area contributed by atoms with Gasteiger partial charge in [0.2, 0.25) is 5.91 Å². The Morgan fingerprint density at radius 3 is 2.25 bits per heavy atom. The first-order chi connectivity index (χ1) is 13.5. The van der Waals surface area contributed by atoms with Crippen LogP contribution in [0.4, 0.5) is 0 Å². The van der Waals surface area contributed by atoms with Crippen LogP contribution < -0.4 is 5.32 Å². The molecule has 0 fully saturated rings. The van der Waals surface area contributed by atoms with E-state index in [1.165, 1.54) is 5.56 Å². The molecule has 3 nitrogen and oxygen atoms in total. The molecule has 1 amide bonds. The number of carbonyl (C=O) groups is 1. The highest BCUT2D eigenvalue weighted by Gasteiger charge is 2.22. The van der Waals surface area contributed by atoms with Gasteiger partial charge in [0.15, 0.2) is 0 Å². The molecule has 0 aromatic heterocycles. The first-order valence-corrected chi connectivity index (χ1v) is 9.70. The lowest BCUT2D eigenvalue weighted by molar-refractivity contribution is -0.121. The minimum atomic E-state index is -0.189. The van der Waals surface area contributed by atoms with E-state index in [9.17, 15) is 9.90 Å². The summed E-state index contributed by atoms with van der Waals surface area (Å²) in [6.07, 6.45) is 1.08. The number of benzene rings is 3. The second kappa shape index (κ2) is 9.23. The first kappa shape index (κ1) is 19.7. The molecule has 2 N–H and O–H groups in total. The largest absolute Gasteiger partial charge is 0.508 e. The monoisotopic (exact) mass is 373 g/mol. The standard InChI is InChI=1S/C25H27NO2/c1-18-13-14-22(24(27)15-18)23(21-11-7-4-8-12-21)17-25(28)26-19(2)16-20-9-5-3-6-10-20/h3-15,19,23,27H,16-17H2,1-2H3,(H,26,28)/t19-,23-/m1/s1. The van der Waals surface area contributed by atoms with E-state index < -0.39 is 0 Å². The molecule has 0 aliphatic rings. The van der Waals surface area contributed by atoms with Crippen molar-refractivity contribution >= 4 is 5.91 Å². The molecular weight excluding hydrogens is 346 g/mol. The molecule has 3 aromatic rings. The van der Waals surface area contributed by atoms with Gasteiger partial charge in [0.05, 0.1) is 0 Å². The van der Waals surface area contributed by atoms with E-state index in [1.807, 2.05) is 74.5 Å². The molecule has 3 heteroatoms. The lowest BCUT2D eigenvalue weighted by Crippen LogP contribution is -2.35. The number of aryl methyl sites for hydroxylation is 1. The molecule has 28 heavy (non-hydrogen) atoms. The Morgan fingerprint density at radius 2 is 1.61 bits per heavy atom. The van der Waals surface area contributed by atoms with Gasteiger partial charge in [-0.15, -0.1) is 0 Å². The number of rotatable bonds is 7. The van der Waals surface area contributed by atoms with Gasteiger partial charge in [-0.1, -0.05) is 72.8 Å². The maximum atomic E-state index is 12.8. The highest BCUT2D eigenvalue weighted by Crippen LogP contribution is 2.34. The summed E-state index contributed by atoms with van der Waals surface area (Å²) in [7, 11) is 0. The van der Waals surface area contributed by atoms with Gasteiger partial charge in [0.1, 0.15) is 5.75 Å². The van der Waals surface area contributed by atoms with Crippen LogP contribution in [-0.4, -0.2) is 17.1 Å². The molecule has 0 spiro atoms. The Labute approximate surface area is 167 Å². The Morgan fingerprint density at radius 1 is 0.964 bits per heavy atom. The summed E-state index contributed by atoms with van der Waals surface area (Å²) in [5.74, 6) is 0.0296. The van der Waals surface area contributed by atoms with Crippen molar-refractivity contribution in [3.8, 4) is 5.75 Å². The number of hydrogen-bond donors (Lipinski definition) is 2. The fourth-order valence-corrected chi connectivity index (χ4v) is 3.58. The Balaban J connectivity index is 1.75. The Bertz CT molecular complexity index is 906. The van der Waals surface area contributed by atoms with Crippen molar-refractivity contribution in [2.24, 2.45) is 0 Å². The smallest absolute Gasteiger partial charge is 0.221 e. The Hall–Kier alpha value is -3.07. The van der Waals surface area contributed by atoms with Crippen molar-refractivity contribution < 1.29 is 9.90 Å². The van der Waals surface area contributed by atoms with Crippen molar-refractivity contribution in [2.75, 3.05) is 0 Å². The van der Waals surface area contributed by atoms with Crippen LogP contribution in [0, 0.1) is 6.92 Å². The first-order valence-electron chi connectivity index (χ1n) is 9.70. The average Bonchev–Trinajstić information content (AvgIpc) is 2.68. The third kappa shape index (κ3) is 5.23. The maximum Gasteiger partial charge on any atom is 0.221 e. The number of nitrogens with one attached hydrogen (secondary N) is 1. The van der Waals surface area contributed by atoms with Crippen molar-refractivity contribution in [3.63, 3.8) is 0 Å². The van der Waals surface area contributed by atoms with E-state index in [2.05, 4.69) is 17.4 Å². The molecule has 0 saturated carbocycles. The lowest BCUT2D eigenvalue weighted by atomic mass is 9.87. The summed E-state index contributed by atoms with van der Waals surface area (Å²) in [6.45, 7) is 3.96. The zero-order valence-corrected chi connectivity index (χ0v) is 16.4. The fourth-order valence-electron chi connectivity index (χ4n) is 3.58. The average molecular weight is 373 g/mol. The molecule has 2 atom stereocenters. The van der Waals surface area contributed by atoms with Gasteiger partial charge in [-0.3, -0.25) is 4.79 Å². The van der Waals surface area contributed by atoms with Gasteiger partial charge in [-0.05, 0) is 43.0 Å². The fraction of sp³-hybridized carbons (Fsp3) is 0.240. The van der Waals surface area contributed by atoms with Crippen LogP contribution in [0.3, 0.4) is 0 Å². The number of carbonyl (C=O) groups excluding carboxylic acids is 1. The van der Waals surface area contributed by atoms with Crippen molar-refractivity contribution in [1.29, 1.82) is 0 Å².